The number of phenols is 1. The van der Waals surface area contributed by atoms with E-state index in [1.54, 1.807) is 54.2 Å². The Labute approximate surface area is 434 Å². The molecule has 3 saturated carbocycles. The fraction of sp³-hybridized carbons (Fsp3) is 0.545. The van der Waals surface area contributed by atoms with E-state index in [2.05, 4.69) is 20.6 Å². The second-order valence-electron chi connectivity index (χ2n) is 20.7. The van der Waals surface area contributed by atoms with Crippen LogP contribution in [0.15, 0.2) is 77.7 Å². The maximum atomic E-state index is 14.5. The Morgan fingerprint density at radius 1 is 0.986 bits per heavy atom. The molecule has 0 unspecified atom stereocenters. The quantitative estimate of drug-likeness (QED) is 0.0350. The molecule has 394 valence electrons. The molecule has 3 aliphatic heterocycles. The largest absolute Gasteiger partial charge is 0.508 e. The Kier molecular flexibility index (Phi) is 18.9. The second kappa shape index (κ2) is 25.2. The number of nitriles is 1. The molecule has 6 aliphatic rings. The molecule has 1 saturated heterocycles. The third-order valence-electron chi connectivity index (χ3n) is 15.5. The van der Waals surface area contributed by atoms with Gasteiger partial charge in [0.15, 0.2) is 5.88 Å². The molecule has 73 heavy (non-hydrogen) atoms. The van der Waals surface area contributed by atoms with E-state index in [0.29, 0.717) is 77.5 Å². The van der Waals surface area contributed by atoms with Gasteiger partial charge in [0.2, 0.25) is 12.3 Å². The average Bonchev–Trinajstić information content (AvgIpc) is 3.81. The number of allylic oxidation sites excluding steroid dienone is 3. The molecule has 3 aliphatic carbocycles. The van der Waals surface area contributed by atoms with Gasteiger partial charge >= 0.3 is 0 Å². The van der Waals surface area contributed by atoms with Crippen LogP contribution in [-0.2, 0) is 27.8 Å². The first-order chi connectivity index (χ1) is 35.0. The lowest BCUT2D eigenvalue weighted by molar-refractivity contribution is -0.128. The summed E-state index contributed by atoms with van der Waals surface area (Å²) in [7, 11) is 1.78. The number of phenolic OH excluding ortho intramolecular Hbond substituents is 1. The van der Waals surface area contributed by atoms with Crippen LogP contribution in [0.4, 0.5) is 14.5 Å². The molecule has 9 rings (SSSR count). The number of carbonyl (C=O) groups is 2. The first kappa shape index (κ1) is 54.6. The topological polar surface area (TPSA) is 215 Å². The van der Waals surface area contributed by atoms with Gasteiger partial charge in [-0.2, -0.15) is 10.4 Å². The highest BCUT2D eigenvalue weighted by molar-refractivity contribution is 6.31. The van der Waals surface area contributed by atoms with Crippen LogP contribution in [0.2, 0.25) is 5.02 Å². The number of benzene rings is 2. The minimum absolute atomic E-state index is 0.0249. The maximum Gasteiger partial charge on any atom is 0.264 e. The smallest absolute Gasteiger partial charge is 0.264 e. The summed E-state index contributed by atoms with van der Waals surface area (Å²) >= 11 is 5.55. The predicted molar refractivity (Wildman–Crippen MR) is 282 cm³/mol. The Balaban J connectivity index is 0.000000341. The van der Waals surface area contributed by atoms with E-state index in [1.165, 1.54) is 76.0 Å². The molecular weight excluding hydrogens is 952 g/mol. The number of amides is 2. The molecular formula is C55H74ClF2N11O4. The van der Waals surface area contributed by atoms with E-state index in [1.807, 2.05) is 24.0 Å². The van der Waals surface area contributed by atoms with Crippen LogP contribution >= 0.6 is 11.6 Å². The van der Waals surface area contributed by atoms with Crippen LogP contribution in [0.1, 0.15) is 133 Å². The minimum atomic E-state index is -2.68. The number of ether oxygens (including phenoxy) is 1. The van der Waals surface area contributed by atoms with E-state index in [0.717, 1.165) is 74.9 Å². The molecule has 0 radical (unpaired) electrons. The normalized spacial score (nSPS) is 23.0. The number of amidine groups is 1. The Bertz CT molecular complexity index is 2540. The first-order valence-electron chi connectivity index (χ1n) is 26.0. The van der Waals surface area contributed by atoms with Crippen molar-refractivity contribution in [1.29, 1.82) is 10.7 Å². The van der Waals surface area contributed by atoms with Crippen molar-refractivity contribution in [1.82, 2.24) is 30.2 Å². The molecule has 1 spiro atoms. The Hall–Kier alpha value is -6.12. The molecule has 0 bridgehead atoms. The first-order valence-corrected chi connectivity index (χ1v) is 26.4. The van der Waals surface area contributed by atoms with Crippen LogP contribution < -0.4 is 27.0 Å². The van der Waals surface area contributed by atoms with Gasteiger partial charge in [-0.05, 0) is 143 Å². The molecule has 2 amide bonds. The van der Waals surface area contributed by atoms with Gasteiger partial charge in [0.1, 0.15) is 23.8 Å². The SMILES string of the molecule is CC(=O)N1CCC(NC2CCN(C3CC4(CCC(O/C(N)=C/C=C(/C)N)CC4)C3)CC2)=C(C(=N)N2CCCc3cc(-c4cnn(C)c4)c(C(F)F)cc32)C1.N#Cc1ccc(O)cc1Cl.O=CNC1CCCCC1. The van der Waals surface area contributed by atoms with Crippen LogP contribution in [0.25, 0.3) is 11.1 Å². The van der Waals surface area contributed by atoms with Gasteiger partial charge in [0.25, 0.3) is 6.43 Å². The maximum absolute atomic E-state index is 14.5. The summed E-state index contributed by atoms with van der Waals surface area (Å²) in [5.74, 6) is 0.771. The number of aromatic hydroxyl groups is 1. The number of halogens is 3. The monoisotopic (exact) mass is 1030 g/mol. The standard InChI is InChI=1S/C41H57F2N9O2.C7H4ClNO.C7H13NO/c1-26(44)6-7-38(45)54-32-8-13-41(14-9-32)21-31(22-41)50-16-10-30(11-17-50)48-36-12-18-51(27(2)53)25-35(36)40(46)52-15-4-5-28-19-33(29-23-47-49(3)24-29)34(39(42)43)20-37(28)52;8-7-3-6(10)2-1-5(7)4-9;9-6-8-7-4-2-1-3-5-7/h6-7,19-20,23-24,30-32,39,46,48H,4-5,8-18,21-22,25,44-45H2,1-3H3;1-3,10H;6-7H,1-5H2,(H,8,9)/b26-6-,38-7+,46-40?;;. The second-order valence-corrected chi connectivity index (χ2v) is 21.1. The number of nitrogens with one attached hydrogen (secondary N) is 3. The van der Waals surface area contributed by atoms with Crippen molar-refractivity contribution in [3.05, 3.63) is 99.4 Å². The molecule has 4 heterocycles. The molecule has 18 heteroatoms. The highest BCUT2D eigenvalue weighted by atomic mass is 35.5. The number of fused-ring (bicyclic) bond motifs is 1. The van der Waals surface area contributed by atoms with E-state index in [4.69, 9.17) is 38.2 Å². The van der Waals surface area contributed by atoms with E-state index >= 15 is 0 Å². The van der Waals surface area contributed by atoms with Gasteiger partial charge in [-0.15, -0.1) is 0 Å². The van der Waals surface area contributed by atoms with Crippen molar-refractivity contribution in [3.63, 3.8) is 0 Å². The molecule has 0 atom stereocenters. The van der Waals surface area contributed by atoms with E-state index in [-0.39, 0.29) is 40.2 Å². The molecule has 8 N–H and O–H groups in total. The summed E-state index contributed by atoms with van der Waals surface area (Å²) in [5.41, 5.74) is 17.8. The number of nitrogens with zero attached hydrogens (tertiary/aromatic N) is 6. The summed E-state index contributed by atoms with van der Waals surface area (Å²) in [5, 5.41) is 37.9. The summed E-state index contributed by atoms with van der Waals surface area (Å²) in [4.78, 5) is 28.9. The number of likely N-dealkylation sites (tertiary alicyclic amines) is 1. The highest BCUT2D eigenvalue weighted by Crippen LogP contribution is 2.54. The Morgan fingerprint density at radius 3 is 2.33 bits per heavy atom. The summed E-state index contributed by atoms with van der Waals surface area (Å²) in [6.45, 7) is 6.96. The van der Waals surface area contributed by atoms with Crippen molar-refractivity contribution in [3.8, 4) is 22.9 Å². The van der Waals surface area contributed by atoms with Crippen molar-refractivity contribution in [2.24, 2.45) is 23.9 Å². The van der Waals surface area contributed by atoms with E-state index in [9.17, 15) is 23.8 Å². The van der Waals surface area contributed by atoms with Crippen molar-refractivity contribution >= 4 is 35.4 Å². The highest BCUT2D eigenvalue weighted by Gasteiger charge is 2.48. The number of aryl methyl sites for hydroxylation is 2. The number of carbonyl (C=O) groups excluding carboxylic acids is 2. The summed E-state index contributed by atoms with van der Waals surface area (Å²) in [6.07, 6.45) is 22.6. The number of nitrogens with two attached hydrogens (primary N) is 2. The number of aromatic nitrogens is 2. The molecule has 1 aromatic heterocycles. The molecule has 15 nitrogen and oxygen atoms in total. The lowest BCUT2D eigenvalue weighted by atomic mass is 9.57. The van der Waals surface area contributed by atoms with Crippen LogP contribution in [-0.4, -0.2) is 99.8 Å². The lowest BCUT2D eigenvalue weighted by Crippen LogP contribution is -2.56. The van der Waals surface area contributed by atoms with Gasteiger partial charge < -0.3 is 46.6 Å². The van der Waals surface area contributed by atoms with Crippen molar-refractivity contribution < 1.29 is 28.2 Å². The van der Waals surface area contributed by atoms with Gasteiger partial charge in [0.05, 0.1) is 23.3 Å². The average molecular weight is 1030 g/mol. The van der Waals surface area contributed by atoms with E-state index < -0.39 is 6.43 Å². The van der Waals surface area contributed by atoms with Gasteiger partial charge in [-0.3, -0.25) is 19.7 Å². The van der Waals surface area contributed by atoms with Crippen LogP contribution in [0.5, 0.6) is 5.75 Å². The fourth-order valence-corrected chi connectivity index (χ4v) is 11.6. The van der Waals surface area contributed by atoms with Crippen LogP contribution in [0, 0.1) is 22.2 Å². The third-order valence-corrected chi connectivity index (χ3v) is 15.8. The van der Waals surface area contributed by atoms with Gasteiger partial charge in [-0.25, -0.2) is 8.78 Å². The summed E-state index contributed by atoms with van der Waals surface area (Å²) < 4.78 is 36.7. The van der Waals surface area contributed by atoms with Crippen molar-refractivity contribution in [2.75, 3.05) is 37.6 Å². The van der Waals surface area contributed by atoms with Crippen LogP contribution in [0.3, 0.4) is 0 Å². The Morgan fingerprint density at radius 2 is 1.71 bits per heavy atom. The zero-order valence-corrected chi connectivity index (χ0v) is 43.4. The zero-order valence-electron chi connectivity index (χ0n) is 42.7. The van der Waals surface area contributed by atoms with Gasteiger partial charge in [0, 0.05) is 105 Å². The van der Waals surface area contributed by atoms with Crippen molar-refractivity contribution in [2.45, 2.75) is 147 Å². The molecule has 3 aromatic rings. The molecule has 4 fully saturated rings. The zero-order chi connectivity index (χ0) is 52.2. The molecule has 2 aromatic carbocycles. The number of anilines is 1. The minimum Gasteiger partial charge on any atom is -0.508 e. The number of hydrogen-bond donors (Lipinski definition) is 6. The number of piperidine rings is 1. The lowest BCUT2D eigenvalue weighted by Gasteiger charge is -2.55. The number of hydrogen-bond acceptors (Lipinski definition) is 11. The fourth-order valence-electron chi connectivity index (χ4n) is 11.4. The summed E-state index contributed by atoms with van der Waals surface area (Å²) in [6, 6.07) is 10.9. The predicted octanol–water partition coefficient (Wildman–Crippen LogP) is 9.07. The number of alkyl halides is 2. The third kappa shape index (κ3) is 14.3. The number of rotatable bonds is 11. The van der Waals surface area contributed by atoms with Gasteiger partial charge in [-0.1, -0.05) is 30.9 Å².